The van der Waals surface area contributed by atoms with Crippen molar-refractivity contribution in [2.45, 2.75) is 75.9 Å². The number of aryl methyl sites for hydroxylation is 1. The fourth-order valence-corrected chi connectivity index (χ4v) is 5.46. The zero-order valence-electron chi connectivity index (χ0n) is 23.7. The van der Waals surface area contributed by atoms with Crippen LogP contribution >= 0.6 is 0 Å². The summed E-state index contributed by atoms with van der Waals surface area (Å²) in [6.45, 7) is -0.439. The third-order valence-corrected chi connectivity index (χ3v) is 7.85. The number of hydrogen-bond donors (Lipinski definition) is 0. The molecule has 2 aliphatic rings. The van der Waals surface area contributed by atoms with Gasteiger partial charge in [0.1, 0.15) is 0 Å². The second-order valence-electron chi connectivity index (χ2n) is 11.5. The fraction of sp³-hybridized carbons (Fsp3) is 0.448. The summed E-state index contributed by atoms with van der Waals surface area (Å²) in [4.78, 5) is 9.13. The minimum Gasteiger partial charge on any atom is -0.329 e. The number of tetrazole rings is 1. The van der Waals surface area contributed by atoms with Gasteiger partial charge in [0, 0.05) is 37.1 Å². The third kappa shape index (κ3) is 6.99. The SMILES string of the molecule is Cn1nnc(N(Cc2cc(C(F)(F)F)cc(C(F)(F)F)c2)Cc2cc3cccc(C(F)(F)F)c3nc2CN(C2CC2)C2CC2)n1. The number of rotatable bonds is 9. The van der Waals surface area contributed by atoms with Crippen molar-refractivity contribution in [1.82, 2.24) is 30.1 Å². The number of halogens is 9. The van der Waals surface area contributed by atoms with E-state index in [1.54, 1.807) is 0 Å². The first-order valence-corrected chi connectivity index (χ1v) is 14.1. The van der Waals surface area contributed by atoms with Gasteiger partial charge in [-0.05, 0) is 72.4 Å². The van der Waals surface area contributed by atoms with Gasteiger partial charge in [-0.3, -0.25) is 9.88 Å². The zero-order valence-corrected chi connectivity index (χ0v) is 23.7. The van der Waals surface area contributed by atoms with Gasteiger partial charge in [0.15, 0.2) is 0 Å². The molecular weight excluding hydrogens is 617 g/mol. The third-order valence-electron chi connectivity index (χ3n) is 7.85. The molecule has 2 heterocycles. The lowest BCUT2D eigenvalue weighted by molar-refractivity contribution is -0.143. The molecule has 0 amide bonds. The molecule has 2 aromatic carbocycles. The van der Waals surface area contributed by atoms with E-state index >= 15 is 0 Å². The quantitative estimate of drug-likeness (QED) is 0.181. The lowest BCUT2D eigenvalue weighted by Gasteiger charge is -2.26. The summed E-state index contributed by atoms with van der Waals surface area (Å²) in [5.74, 6) is -0.0974. The number of benzene rings is 2. The van der Waals surface area contributed by atoms with Crippen LogP contribution in [-0.2, 0) is 45.2 Å². The summed E-state index contributed by atoms with van der Waals surface area (Å²) in [7, 11) is 1.44. The number of para-hydroxylation sites is 1. The van der Waals surface area contributed by atoms with Crippen LogP contribution in [0.5, 0.6) is 0 Å². The first-order chi connectivity index (χ1) is 21.1. The number of nitrogens with zero attached hydrogens (tertiary/aromatic N) is 7. The molecule has 0 bridgehead atoms. The van der Waals surface area contributed by atoms with Crippen LogP contribution in [0.4, 0.5) is 45.5 Å². The second-order valence-corrected chi connectivity index (χ2v) is 11.5. The van der Waals surface area contributed by atoms with Gasteiger partial charge in [0.05, 0.1) is 34.9 Å². The second kappa shape index (κ2) is 11.1. The van der Waals surface area contributed by atoms with Crippen molar-refractivity contribution in [3.05, 3.63) is 76.0 Å². The molecule has 16 heteroatoms. The van der Waals surface area contributed by atoms with Gasteiger partial charge in [-0.1, -0.05) is 17.2 Å². The Labute approximate surface area is 250 Å². The number of aromatic nitrogens is 5. The van der Waals surface area contributed by atoms with E-state index in [9.17, 15) is 39.5 Å². The maximum atomic E-state index is 14.0. The number of fused-ring (bicyclic) bond motifs is 1. The van der Waals surface area contributed by atoms with Crippen molar-refractivity contribution in [2.75, 3.05) is 4.90 Å². The van der Waals surface area contributed by atoms with Crippen LogP contribution in [0.3, 0.4) is 0 Å². The molecule has 6 rings (SSSR count). The van der Waals surface area contributed by atoms with Crippen LogP contribution in [-0.4, -0.2) is 42.2 Å². The Morgan fingerprint density at radius 1 is 0.778 bits per heavy atom. The molecule has 7 nitrogen and oxygen atoms in total. The van der Waals surface area contributed by atoms with Crippen LogP contribution in [0.25, 0.3) is 10.9 Å². The van der Waals surface area contributed by atoms with Crippen molar-refractivity contribution in [3.8, 4) is 0 Å². The molecular formula is C29H26F9N7. The van der Waals surface area contributed by atoms with Gasteiger partial charge in [-0.15, -0.1) is 5.10 Å². The highest BCUT2D eigenvalue weighted by molar-refractivity contribution is 5.83. The van der Waals surface area contributed by atoms with Crippen LogP contribution in [0.15, 0.2) is 42.5 Å². The van der Waals surface area contributed by atoms with E-state index in [-0.39, 0.29) is 53.7 Å². The number of pyridine rings is 1. The predicted molar refractivity (Wildman–Crippen MR) is 143 cm³/mol. The van der Waals surface area contributed by atoms with Crippen molar-refractivity contribution in [1.29, 1.82) is 0 Å². The summed E-state index contributed by atoms with van der Waals surface area (Å²) in [5.41, 5.74) is -3.67. The van der Waals surface area contributed by atoms with Crippen LogP contribution in [0.2, 0.25) is 0 Å². The van der Waals surface area contributed by atoms with E-state index in [1.807, 2.05) is 0 Å². The van der Waals surface area contributed by atoms with Gasteiger partial charge in [-0.25, -0.2) is 0 Å². The molecule has 0 N–H and O–H groups in total. The van der Waals surface area contributed by atoms with Gasteiger partial charge in [0.2, 0.25) is 0 Å². The van der Waals surface area contributed by atoms with Gasteiger partial charge in [0.25, 0.3) is 5.95 Å². The van der Waals surface area contributed by atoms with Crippen molar-refractivity contribution < 1.29 is 39.5 Å². The van der Waals surface area contributed by atoms with E-state index in [2.05, 4.69) is 25.3 Å². The molecule has 0 saturated heterocycles. The average Bonchev–Trinajstić information content (AvgIpc) is 3.88. The zero-order chi connectivity index (χ0) is 32.3. The molecule has 4 aromatic rings. The molecule has 0 aliphatic heterocycles. The van der Waals surface area contributed by atoms with Crippen LogP contribution in [0.1, 0.15) is 59.2 Å². The summed E-state index contributed by atoms with van der Waals surface area (Å²) in [6, 6.07) is 7.02. The van der Waals surface area contributed by atoms with Crippen LogP contribution in [0, 0.1) is 0 Å². The lowest BCUT2D eigenvalue weighted by atomic mass is 10.0. The molecule has 2 aromatic heterocycles. The van der Waals surface area contributed by atoms with E-state index < -0.39 is 41.8 Å². The number of alkyl halides is 9. The molecule has 240 valence electrons. The Kier molecular flexibility index (Phi) is 7.68. The average molecular weight is 644 g/mol. The van der Waals surface area contributed by atoms with Gasteiger partial charge < -0.3 is 4.90 Å². The first kappa shape index (κ1) is 31.0. The van der Waals surface area contributed by atoms with E-state index in [1.165, 1.54) is 30.1 Å². The highest BCUT2D eigenvalue weighted by Crippen LogP contribution is 2.41. The lowest BCUT2D eigenvalue weighted by Crippen LogP contribution is -2.30. The first-order valence-electron chi connectivity index (χ1n) is 14.1. The highest BCUT2D eigenvalue weighted by atomic mass is 19.4. The van der Waals surface area contributed by atoms with Gasteiger partial charge in [-0.2, -0.15) is 44.3 Å². The normalized spacial score (nSPS) is 16.2. The minimum atomic E-state index is -5.05. The van der Waals surface area contributed by atoms with Gasteiger partial charge >= 0.3 is 18.5 Å². The Balaban J connectivity index is 1.45. The summed E-state index contributed by atoms with van der Waals surface area (Å²) in [6.07, 6.45) is -11.0. The van der Waals surface area contributed by atoms with E-state index in [0.717, 1.165) is 36.5 Å². The Morgan fingerprint density at radius 3 is 1.91 bits per heavy atom. The smallest absolute Gasteiger partial charge is 0.329 e. The maximum absolute atomic E-state index is 14.0. The topological polar surface area (TPSA) is 63.0 Å². The largest absolute Gasteiger partial charge is 0.418 e. The highest BCUT2D eigenvalue weighted by Gasteiger charge is 2.40. The Morgan fingerprint density at radius 2 is 1.40 bits per heavy atom. The predicted octanol–water partition coefficient (Wildman–Crippen LogP) is 7.15. The van der Waals surface area contributed by atoms with E-state index in [4.69, 9.17) is 0 Å². The minimum absolute atomic E-state index is 0.0440. The monoisotopic (exact) mass is 643 g/mol. The molecule has 2 saturated carbocycles. The van der Waals surface area contributed by atoms with E-state index in [0.29, 0.717) is 23.4 Å². The maximum Gasteiger partial charge on any atom is 0.418 e. The van der Waals surface area contributed by atoms with Crippen molar-refractivity contribution in [2.24, 2.45) is 7.05 Å². The summed E-state index contributed by atoms with van der Waals surface area (Å²) in [5, 5.41) is 12.0. The molecule has 2 fully saturated rings. The standard InChI is InChI=1S/C29H26F9N7/c1-43-41-26(40-42-43)44(13-16-9-19(27(30,31)32)12-20(10-16)28(33,34)35)14-18-11-17-3-2-4-23(29(36,37)38)25(17)39-24(18)15-45(21-5-6-21)22-7-8-22/h2-4,9-12,21-22H,5-8,13-15H2,1H3. The van der Waals surface area contributed by atoms with Crippen molar-refractivity contribution >= 4 is 16.9 Å². The van der Waals surface area contributed by atoms with Crippen molar-refractivity contribution in [3.63, 3.8) is 0 Å². The summed E-state index contributed by atoms with van der Waals surface area (Å²) >= 11 is 0. The molecule has 0 spiro atoms. The summed E-state index contributed by atoms with van der Waals surface area (Å²) < 4.78 is 124. The Hall–Kier alpha value is -3.95. The fourth-order valence-electron chi connectivity index (χ4n) is 5.46. The Bertz CT molecular complexity index is 1660. The molecule has 0 unspecified atom stereocenters. The molecule has 2 aliphatic carbocycles. The molecule has 0 radical (unpaired) electrons. The number of anilines is 1. The number of hydrogen-bond acceptors (Lipinski definition) is 6. The molecule has 0 atom stereocenters. The molecule has 45 heavy (non-hydrogen) atoms. The van der Waals surface area contributed by atoms with Crippen LogP contribution < -0.4 is 4.90 Å².